The third-order valence-electron chi connectivity index (χ3n) is 4.13. The zero-order valence-corrected chi connectivity index (χ0v) is 10.7. The highest BCUT2D eigenvalue weighted by molar-refractivity contribution is 5.41. The van der Waals surface area contributed by atoms with Crippen molar-refractivity contribution in [1.29, 1.82) is 0 Å². The van der Waals surface area contributed by atoms with Crippen molar-refractivity contribution in [1.82, 2.24) is 5.32 Å². The molecule has 1 saturated heterocycles. The van der Waals surface area contributed by atoms with Gasteiger partial charge in [0.05, 0.1) is 19.8 Å². The molecule has 1 atom stereocenters. The van der Waals surface area contributed by atoms with E-state index in [0.29, 0.717) is 6.54 Å². The molecular formula is C14H20N2O2. The fourth-order valence-corrected chi connectivity index (χ4v) is 2.98. The Morgan fingerprint density at radius 2 is 2.28 bits per heavy atom. The highest BCUT2D eigenvalue weighted by atomic mass is 16.5. The van der Waals surface area contributed by atoms with Crippen LogP contribution >= 0.6 is 0 Å². The molecular weight excluding hydrogens is 228 g/mol. The largest absolute Gasteiger partial charge is 0.493 e. The van der Waals surface area contributed by atoms with Crippen molar-refractivity contribution in [3.63, 3.8) is 0 Å². The van der Waals surface area contributed by atoms with Crippen LogP contribution in [0.15, 0.2) is 18.2 Å². The fraction of sp³-hybridized carbons (Fsp3) is 0.571. The molecule has 1 aromatic carbocycles. The molecule has 0 aliphatic carbocycles. The van der Waals surface area contributed by atoms with Crippen LogP contribution in [0.25, 0.3) is 0 Å². The third kappa shape index (κ3) is 1.72. The summed E-state index contributed by atoms with van der Waals surface area (Å²) in [5.74, 6) is 1.03. The van der Waals surface area contributed by atoms with Gasteiger partial charge >= 0.3 is 0 Å². The Kier molecular flexibility index (Phi) is 3.01. The number of hydrogen-bond donors (Lipinski definition) is 2. The first kappa shape index (κ1) is 12.0. The third-order valence-corrected chi connectivity index (χ3v) is 4.13. The molecule has 0 aromatic heterocycles. The first-order valence-corrected chi connectivity index (χ1v) is 6.50. The molecule has 0 radical (unpaired) electrons. The smallest absolute Gasteiger partial charge is 0.122 e. The maximum Gasteiger partial charge on any atom is 0.122 e. The van der Waals surface area contributed by atoms with Crippen LogP contribution < -0.4 is 15.8 Å². The molecule has 1 unspecified atom stereocenters. The summed E-state index contributed by atoms with van der Waals surface area (Å²) < 4.78 is 10.9. The first-order chi connectivity index (χ1) is 8.79. The summed E-state index contributed by atoms with van der Waals surface area (Å²) in [5, 5.41) is 3.40. The van der Waals surface area contributed by atoms with E-state index in [1.54, 1.807) is 0 Å². The van der Waals surface area contributed by atoms with Crippen molar-refractivity contribution >= 4 is 0 Å². The zero-order valence-electron chi connectivity index (χ0n) is 10.7. The van der Waals surface area contributed by atoms with Crippen LogP contribution in [0.4, 0.5) is 0 Å². The molecule has 2 aliphatic rings. The standard InChI is InChI=1S/C14H20N2O2/c1-16-13(14(7-15)8-17-9-14)11-2-3-12-10(6-11)4-5-18-12/h2-3,6,13,16H,4-5,7-9,15H2,1H3. The summed E-state index contributed by atoms with van der Waals surface area (Å²) in [5.41, 5.74) is 8.59. The zero-order chi connectivity index (χ0) is 12.6. The molecule has 0 amide bonds. The average Bonchev–Trinajstić information content (AvgIpc) is 2.80. The Bertz CT molecular complexity index is 438. The maximum atomic E-state index is 5.95. The number of nitrogens with one attached hydrogen (secondary N) is 1. The predicted octanol–water partition coefficient (Wildman–Crippen LogP) is 0.857. The van der Waals surface area contributed by atoms with Crippen molar-refractivity contribution in [2.45, 2.75) is 12.5 Å². The van der Waals surface area contributed by atoms with Gasteiger partial charge in [-0.3, -0.25) is 0 Å². The van der Waals surface area contributed by atoms with Gasteiger partial charge in [-0.1, -0.05) is 12.1 Å². The van der Waals surface area contributed by atoms with Crippen molar-refractivity contribution in [3.05, 3.63) is 29.3 Å². The minimum Gasteiger partial charge on any atom is -0.493 e. The summed E-state index contributed by atoms with van der Waals surface area (Å²) >= 11 is 0. The maximum absolute atomic E-state index is 5.95. The van der Waals surface area contributed by atoms with Crippen LogP contribution in [-0.2, 0) is 11.2 Å². The summed E-state index contributed by atoms with van der Waals surface area (Å²) in [6, 6.07) is 6.72. The van der Waals surface area contributed by atoms with Crippen LogP contribution in [0, 0.1) is 5.41 Å². The second kappa shape index (κ2) is 4.53. The highest BCUT2D eigenvalue weighted by Gasteiger charge is 2.44. The number of benzene rings is 1. The molecule has 2 aliphatic heterocycles. The van der Waals surface area contributed by atoms with Gasteiger partial charge in [-0.2, -0.15) is 0 Å². The molecule has 1 fully saturated rings. The molecule has 0 bridgehead atoms. The topological polar surface area (TPSA) is 56.5 Å². The van der Waals surface area contributed by atoms with E-state index in [2.05, 4.69) is 23.5 Å². The second-order valence-corrected chi connectivity index (χ2v) is 5.25. The monoisotopic (exact) mass is 248 g/mol. The van der Waals surface area contributed by atoms with Crippen LogP contribution in [0.3, 0.4) is 0 Å². The minimum absolute atomic E-state index is 0.0441. The SMILES string of the molecule is CNC(c1ccc2c(c1)CCO2)C1(CN)COC1. The molecule has 18 heavy (non-hydrogen) atoms. The summed E-state index contributed by atoms with van der Waals surface area (Å²) in [6.45, 7) is 2.92. The molecule has 4 heteroatoms. The van der Waals surface area contributed by atoms with Crippen LogP contribution in [0.5, 0.6) is 5.75 Å². The van der Waals surface area contributed by atoms with Crippen molar-refractivity contribution in [3.8, 4) is 5.75 Å². The second-order valence-electron chi connectivity index (χ2n) is 5.25. The Hall–Kier alpha value is -1.10. The number of nitrogens with two attached hydrogens (primary N) is 1. The molecule has 4 nitrogen and oxygen atoms in total. The minimum atomic E-state index is 0.0441. The summed E-state index contributed by atoms with van der Waals surface area (Å²) in [4.78, 5) is 0. The van der Waals surface area contributed by atoms with Crippen molar-refractivity contribution in [2.24, 2.45) is 11.1 Å². The number of hydrogen-bond acceptors (Lipinski definition) is 4. The van der Waals surface area contributed by atoms with Crippen LogP contribution in [0.1, 0.15) is 17.2 Å². The van der Waals surface area contributed by atoms with Crippen molar-refractivity contribution < 1.29 is 9.47 Å². The normalized spacial score (nSPS) is 21.9. The lowest BCUT2D eigenvalue weighted by Crippen LogP contribution is -2.55. The number of ether oxygens (including phenoxy) is 2. The molecule has 2 heterocycles. The molecule has 0 spiro atoms. The highest BCUT2D eigenvalue weighted by Crippen LogP contribution is 2.41. The summed E-state index contributed by atoms with van der Waals surface area (Å²) in [6.07, 6.45) is 1.01. The lowest BCUT2D eigenvalue weighted by Gasteiger charge is -2.46. The Balaban J connectivity index is 1.92. The number of rotatable bonds is 4. The molecule has 1 aromatic rings. The van der Waals surface area contributed by atoms with Gasteiger partial charge in [0.2, 0.25) is 0 Å². The quantitative estimate of drug-likeness (QED) is 0.829. The molecule has 0 saturated carbocycles. The van der Waals surface area contributed by atoms with E-state index >= 15 is 0 Å². The Morgan fingerprint density at radius 1 is 1.44 bits per heavy atom. The van der Waals surface area contributed by atoms with Crippen LogP contribution in [0.2, 0.25) is 0 Å². The van der Waals surface area contributed by atoms with Crippen LogP contribution in [-0.4, -0.2) is 33.4 Å². The Morgan fingerprint density at radius 3 is 2.89 bits per heavy atom. The van der Waals surface area contributed by atoms with Gasteiger partial charge in [-0.05, 0) is 24.2 Å². The van der Waals surface area contributed by atoms with E-state index in [1.807, 2.05) is 7.05 Å². The van der Waals surface area contributed by atoms with Crippen molar-refractivity contribution in [2.75, 3.05) is 33.4 Å². The summed E-state index contributed by atoms with van der Waals surface area (Å²) in [7, 11) is 1.99. The predicted molar refractivity (Wildman–Crippen MR) is 69.7 cm³/mol. The molecule has 98 valence electrons. The van der Waals surface area contributed by atoms with Gasteiger partial charge < -0.3 is 20.5 Å². The van der Waals surface area contributed by atoms with E-state index < -0.39 is 0 Å². The van der Waals surface area contributed by atoms with Gasteiger partial charge in [0, 0.05) is 24.4 Å². The molecule has 3 rings (SSSR count). The first-order valence-electron chi connectivity index (χ1n) is 6.50. The van der Waals surface area contributed by atoms with Gasteiger partial charge in [-0.15, -0.1) is 0 Å². The van der Waals surface area contributed by atoms with Gasteiger partial charge in [0.15, 0.2) is 0 Å². The van der Waals surface area contributed by atoms with Gasteiger partial charge in [-0.25, -0.2) is 0 Å². The van der Waals surface area contributed by atoms with E-state index in [4.69, 9.17) is 15.2 Å². The number of fused-ring (bicyclic) bond motifs is 1. The average molecular weight is 248 g/mol. The van der Waals surface area contributed by atoms with E-state index in [-0.39, 0.29) is 11.5 Å². The van der Waals surface area contributed by atoms with E-state index in [9.17, 15) is 0 Å². The van der Waals surface area contributed by atoms with Gasteiger partial charge in [0.25, 0.3) is 0 Å². The van der Waals surface area contributed by atoms with Gasteiger partial charge in [0.1, 0.15) is 5.75 Å². The van der Waals surface area contributed by atoms with E-state index in [1.165, 1.54) is 11.1 Å². The van der Waals surface area contributed by atoms with E-state index in [0.717, 1.165) is 32.0 Å². The molecule has 3 N–H and O–H groups in total. The Labute approximate surface area is 107 Å². The lowest BCUT2D eigenvalue weighted by molar-refractivity contribution is -0.126. The lowest BCUT2D eigenvalue weighted by atomic mass is 9.75. The fourth-order valence-electron chi connectivity index (χ4n) is 2.98.